The molecule has 1 saturated heterocycles. The number of nitrogens with zero attached hydrogens (tertiary/aromatic N) is 2. The van der Waals surface area contributed by atoms with Gasteiger partial charge in [0.15, 0.2) is 0 Å². The van der Waals surface area contributed by atoms with Crippen LogP contribution in [0.3, 0.4) is 0 Å². The van der Waals surface area contributed by atoms with Gasteiger partial charge >= 0.3 is 0 Å². The molecular weight excluding hydrogens is 224 g/mol. The van der Waals surface area contributed by atoms with Crippen molar-refractivity contribution in [3.63, 3.8) is 0 Å². The van der Waals surface area contributed by atoms with Crippen LogP contribution in [0.25, 0.3) is 10.9 Å². The molecule has 1 aliphatic heterocycles. The zero-order chi connectivity index (χ0) is 12.6. The molecule has 0 radical (unpaired) electrons. The second kappa shape index (κ2) is 4.34. The standard InChI is InChI=1S/C15H18N2O/c1-17-9-8-15(18,11-17)10-13-7-6-12-4-2-3-5-14(12)16-13/h2-7,18H,8-11H2,1H3. The maximum absolute atomic E-state index is 10.5. The van der Waals surface area contributed by atoms with Gasteiger partial charge in [0.05, 0.1) is 11.1 Å². The molecule has 0 spiro atoms. The van der Waals surface area contributed by atoms with Crippen molar-refractivity contribution in [3.8, 4) is 0 Å². The maximum atomic E-state index is 10.5. The van der Waals surface area contributed by atoms with Crippen molar-refractivity contribution in [2.45, 2.75) is 18.4 Å². The van der Waals surface area contributed by atoms with Crippen LogP contribution in [0.4, 0.5) is 0 Å². The Labute approximate surface area is 107 Å². The van der Waals surface area contributed by atoms with Crippen molar-refractivity contribution in [2.75, 3.05) is 20.1 Å². The van der Waals surface area contributed by atoms with E-state index in [-0.39, 0.29) is 0 Å². The molecule has 1 aromatic heterocycles. The Hall–Kier alpha value is -1.45. The first-order valence-electron chi connectivity index (χ1n) is 6.40. The van der Waals surface area contributed by atoms with Crippen molar-refractivity contribution < 1.29 is 5.11 Å². The van der Waals surface area contributed by atoms with Gasteiger partial charge in [0.25, 0.3) is 0 Å². The van der Waals surface area contributed by atoms with Gasteiger partial charge in [-0.25, -0.2) is 0 Å². The number of likely N-dealkylation sites (N-methyl/N-ethyl adjacent to an activating group) is 1. The van der Waals surface area contributed by atoms with E-state index in [2.05, 4.69) is 22.0 Å². The summed E-state index contributed by atoms with van der Waals surface area (Å²) in [6.45, 7) is 1.70. The van der Waals surface area contributed by atoms with E-state index in [1.807, 2.05) is 31.3 Å². The fourth-order valence-corrected chi connectivity index (χ4v) is 2.75. The topological polar surface area (TPSA) is 36.4 Å². The van der Waals surface area contributed by atoms with E-state index in [1.54, 1.807) is 0 Å². The zero-order valence-corrected chi connectivity index (χ0v) is 10.6. The maximum Gasteiger partial charge on any atom is 0.0841 e. The first kappa shape index (κ1) is 11.6. The summed E-state index contributed by atoms with van der Waals surface area (Å²) in [6, 6.07) is 12.2. The minimum atomic E-state index is -0.607. The smallest absolute Gasteiger partial charge is 0.0841 e. The van der Waals surface area contributed by atoms with Gasteiger partial charge in [-0.15, -0.1) is 0 Å². The van der Waals surface area contributed by atoms with Gasteiger partial charge < -0.3 is 10.0 Å². The fraction of sp³-hybridized carbons (Fsp3) is 0.400. The Morgan fingerprint density at radius 2 is 2.11 bits per heavy atom. The Balaban J connectivity index is 1.86. The van der Waals surface area contributed by atoms with Gasteiger partial charge in [0.1, 0.15) is 0 Å². The lowest BCUT2D eigenvalue weighted by Gasteiger charge is -2.21. The van der Waals surface area contributed by atoms with Gasteiger partial charge in [-0.3, -0.25) is 4.98 Å². The molecule has 1 aliphatic rings. The van der Waals surface area contributed by atoms with Crippen LogP contribution in [-0.4, -0.2) is 40.7 Å². The van der Waals surface area contributed by atoms with E-state index in [1.165, 1.54) is 0 Å². The predicted octanol–water partition coefficient (Wildman–Crippen LogP) is 1.84. The third-order valence-corrected chi connectivity index (χ3v) is 3.69. The van der Waals surface area contributed by atoms with Crippen LogP contribution in [0.1, 0.15) is 12.1 Å². The van der Waals surface area contributed by atoms with Crippen LogP contribution in [0, 0.1) is 0 Å². The Morgan fingerprint density at radius 1 is 1.28 bits per heavy atom. The van der Waals surface area contributed by atoms with Crippen molar-refractivity contribution in [3.05, 3.63) is 42.1 Å². The number of benzene rings is 1. The number of hydrogen-bond donors (Lipinski definition) is 1. The van der Waals surface area contributed by atoms with Crippen LogP contribution in [0.5, 0.6) is 0 Å². The molecule has 3 rings (SSSR count). The van der Waals surface area contributed by atoms with Crippen LogP contribution >= 0.6 is 0 Å². The number of fused-ring (bicyclic) bond motifs is 1. The summed E-state index contributed by atoms with van der Waals surface area (Å²) in [5, 5.41) is 11.7. The van der Waals surface area contributed by atoms with E-state index in [0.717, 1.165) is 36.1 Å². The highest BCUT2D eigenvalue weighted by Gasteiger charge is 2.34. The van der Waals surface area contributed by atoms with Crippen LogP contribution in [0.15, 0.2) is 36.4 Å². The first-order chi connectivity index (χ1) is 8.65. The number of aromatic nitrogens is 1. The molecule has 3 nitrogen and oxygen atoms in total. The lowest BCUT2D eigenvalue weighted by molar-refractivity contribution is 0.0515. The summed E-state index contributed by atoms with van der Waals surface area (Å²) in [5.74, 6) is 0. The molecule has 0 aliphatic carbocycles. The molecule has 1 fully saturated rings. The third-order valence-electron chi connectivity index (χ3n) is 3.69. The summed E-state index contributed by atoms with van der Waals surface area (Å²) >= 11 is 0. The van der Waals surface area contributed by atoms with Gasteiger partial charge in [0, 0.05) is 30.6 Å². The van der Waals surface area contributed by atoms with Gasteiger partial charge in [-0.05, 0) is 25.6 Å². The lowest BCUT2D eigenvalue weighted by Crippen LogP contribution is -2.34. The van der Waals surface area contributed by atoms with E-state index < -0.39 is 5.60 Å². The third kappa shape index (κ3) is 2.24. The molecule has 1 unspecified atom stereocenters. The van der Waals surface area contributed by atoms with E-state index in [9.17, 15) is 5.11 Å². The van der Waals surface area contributed by atoms with Crippen molar-refractivity contribution >= 4 is 10.9 Å². The predicted molar refractivity (Wildman–Crippen MR) is 72.5 cm³/mol. The Bertz CT molecular complexity index is 569. The fourth-order valence-electron chi connectivity index (χ4n) is 2.75. The van der Waals surface area contributed by atoms with E-state index in [4.69, 9.17) is 0 Å². The first-order valence-corrected chi connectivity index (χ1v) is 6.40. The summed E-state index contributed by atoms with van der Waals surface area (Å²) in [5.41, 5.74) is 1.38. The zero-order valence-electron chi connectivity index (χ0n) is 10.6. The van der Waals surface area contributed by atoms with Crippen molar-refractivity contribution in [2.24, 2.45) is 0 Å². The second-order valence-electron chi connectivity index (χ2n) is 5.38. The highest BCUT2D eigenvalue weighted by atomic mass is 16.3. The average Bonchev–Trinajstić information content (AvgIpc) is 2.69. The minimum Gasteiger partial charge on any atom is -0.388 e. The molecule has 2 heterocycles. The number of para-hydroxylation sites is 1. The molecule has 0 saturated carbocycles. The van der Waals surface area contributed by atoms with Crippen LogP contribution in [0.2, 0.25) is 0 Å². The largest absolute Gasteiger partial charge is 0.388 e. The molecular formula is C15H18N2O. The Kier molecular flexibility index (Phi) is 2.80. The minimum absolute atomic E-state index is 0.607. The molecule has 1 atom stereocenters. The van der Waals surface area contributed by atoms with E-state index >= 15 is 0 Å². The highest BCUT2D eigenvalue weighted by molar-refractivity contribution is 5.78. The molecule has 3 heteroatoms. The lowest BCUT2D eigenvalue weighted by atomic mass is 9.96. The number of hydrogen-bond acceptors (Lipinski definition) is 3. The normalized spacial score (nSPS) is 24.8. The number of rotatable bonds is 2. The quantitative estimate of drug-likeness (QED) is 0.873. The van der Waals surface area contributed by atoms with Gasteiger partial charge in [0.2, 0.25) is 0 Å². The number of β-amino-alcohol motifs (C(OH)–C–C–N with tert-alkyl or cyclic N) is 1. The van der Waals surface area contributed by atoms with Crippen LogP contribution in [-0.2, 0) is 6.42 Å². The number of likely N-dealkylation sites (tertiary alicyclic amines) is 1. The Morgan fingerprint density at radius 3 is 2.89 bits per heavy atom. The molecule has 1 aromatic carbocycles. The van der Waals surface area contributed by atoms with Crippen molar-refractivity contribution in [1.29, 1.82) is 0 Å². The number of pyridine rings is 1. The molecule has 18 heavy (non-hydrogen) atoms. The summed E-state index contributed by atoms with van der Waals surface area (Å²) in [6.07, 6.45) is 1.47. The molecule has 1 N–H and O–H groups in total. The second-order valence-corrected chi connectivity index (χ2v) is 5.38. The van der Waals surface area contributed by atoms with Gasteiger partial charge in [-0.1, -0.05) is 24.3 Å². The SMILES string of the molecule is CN1CCC(O)(Cc2ccc3ccccc3n2)C1. The monoisotopic (exact) mass is 242 g/mol. The molecule has 0 bridgehead atoms. The summed E-state index contributed by atoms with van der Waals surface area (Å²) in [4.78, 5) is 6.80. The molecule has 94 valence electrons. The highest BCUT2D eigenvalue weighted by Crippen LogP contribution is 2.24. The summed E-state index contributed by atoms with van der Waals surface area (Å²) in [7, 11) is 2.05. The molecule has 2 aromatic rings. The number of aliphatic hydroxyl groups is 1. The average molecular weight is 242 g/mol. The summed E-state index contributed by atoms with van der Waals surface area (Å²) < 4.78 is 0. The van der Waals surface area contributed by atoms with Crippen LogP contribution < -0.4 is 0 Å². The van der Waals surface area contributed by atoms with Crippen molar-refractivity contribution in [1.82, 2.24) is 9.88 Å². The van der Waals surface area contributed by atoms with E-state index in [0.29, 0.717) is 6.42 Å². The molecule has 0 amide bonds. The van der Waals surface area contributed by atoms with Gasteiger partial charge in [-0.2, -0.15) is 0 Å².